The van der Waals surface area contributed by atoms with Crippen molar-refractivity contribution in [3.63, 3.8) is 0 Å². The highest BCUT2D eigenvalue weighted by atomic mass is 16.4. The van der Waals surface area contributed by atoms with E-state index in [0.29, 0.717) is 5.56 Å². The lowest BCUT2D eigenvalue weighted by atomic mass is 9.85. The van der Waals surface area contributed by atoms with E-state index >= 15 is 0 Å². The number of rotatable bonds is 5. The molecule has 0 unspecified atom stereocenters. The number of carboxylic acids is 1. The second kappa shape index (κ2) is 5.64. The van der Waals surface area contributed by atoms with Gasteiger partial charge in [0.05, 0.1) is 6.10 Å². The highest BCUT2D eigenvalue weighted by molar-refractivity contribution is 5.94. The molecule has 0 heterocycles. The first kappa shape index (κ1) is 14.2. The van der Waals surface area contributed by atoms with Crippen LogP contribution in [-0.4, -0.2) is 34.7 Å². The Labute approximate surface area is 105 Å². The molecule has 3 N–H and O–H groups in total. The summed E-state index contributed by atoms with van der Waals surface area (Å²) in [7, 11) is 0. The zero-order chi connectivity index (χ0) is 13.8. The molecule has 0 aliphatic rings. The first-order valence-corrected chi connectivity index (χ1v) is 5.62. The molecule has 5 heteroatoms. The van der Waals surface area contributed by atoms with Crippen LogP contribution in [-0.2, 0) is 4.79 Å². The van der Waals surface area contributed by atoms with Crippen molar-refractivity contribution in [2.45, 2.75) is 20.0 Å². The van der Waals surface area contributed by atoms with Gasteiger partial charge in [-0.3, -0.25) is 9.59 Å². The van der Waals surface area contributed by atoms with Crippen LogP contribution in [0.25, 0.3) is 0 Å². The summed E-state index contributed by atoms with van der Waals surface area (Å²) in [5.41, 5.74) is -0.944. The van der Waals surface area contributed by atoms with E-state index in [4.69, 9.17) is 5.11 Å². The third kappa shape index (κ3) is 3.07. The van der Waals surface area contributed by atoms with E-state index in [1.54, 1.807) is 30.3 Å². The van der Waals surface area contributed by atoms with Crippen LogP contribution < -0.4 is 5.32 Å². The topological polar surface area (TPSA) is 86.6 Å². The fourth-order valence-electron chi connectivity index (χ4n) is 1.36. The summed E-state index contributed by atoms with van der Waals surface area (Å²) < 4.78 is 0. The molecular formula is C13H17NO4. The predicted octanol–water partition coefficient (Wildman–Crippen LogP) is 0.888. The number of aliphatic hydroxyl groups is 1. The van der Waals surface area contributed by atoms with E-state index < -0.39 is 17.5 Å². The molecule has 1 aromatic carbocycles. The van der Waals surface area contributed by atoms with Crippen molar-refractivity contribution >= 4 is 11.9 Å². The predicted molar refractivity (Wildman–Crippen MR) is 66.2 cm³/mol. The number of benzene rings is 1. The maximum absolute atomic E-state index is 11.8. The molecule has 1 rings (SSSR count). The maximum Gasteiger partial charge on any atom is 0.313 e. The Bertz CT molecular complexity index is 430. The molecule has 0 spiro atoms. The fraction of sp³-hybridized carbons (Fsp3) is 0.385. The van der Waals surface area contributed by atoms with Crippen molar-refractivity contribution < 1.29 is 19.8 Å². The Balaban J connectivity index is 2.70. The Morgan fingerprint density at radius 3 is 2.33 bits per heavy atom. The van der Waals surface area contributed by atoms with Crippen molar-refractivity contribution in [1.29, 1.82) is 0 Å². The number of aliphatic carboxylic acids is 1. The zero-order valence-corrected chi connectivity index (χ0v) is 10.4. The lowest BCUT2D eigenvalue weighted by Gasteiger charge is -2.27. The van der Waals surface area contributed by atoms with E-state index in [0.717, 1.165) is 0 Å². The van der Waals surface area contributed by atoms with Gasteiger partial charge in [-0.1, -0.05) is 18.2 Å². The Kier molecular flexibility index (Phi) is 4.44. The lowest BCUT2D eigenvalue weighted by Crippen LogP contribution is -2.47. The summed E-state index contributed by atoms with van der Waals surface area (Å²) in [5, 5.41) is 21.1. The minimum absolute atomic E-state index is 0.131. The maximum atomic E-state index is 11.8. The van der Waals surface area contributed by atoms with E-state index in [-0.39, 0.29) is 12.5 Å². The second-order valence-electron chi connectivity index (χ2n) is 4.45. The lowest BCUT2D eigenvalue weighted by molar-refractivity contribution is -0.153. The van der Waals surface area contributed by atoms with Gasteiger partial charge < -0.3 is 15.5 Å². The SMILES string of the molecule is C[C@@H](O)[C@@](C)(CNC(=O)c1ccccc1)C(=O)O. The molecule has 0 fully saturated rings. The quantitative estimate of drug-likeness (QED) is 0.725. The smallest absolute Gasteiger partial charge is 0.313 e. The molecule has 0 saturated heterocycles. The van der Waals surface area contributed by atoms with Gasteiger partial charge in [0.2, 0.25) is 0 Å². The summed E-state index contributed by atoms with van der Waals surface area (Å²) in [6.45, 7) is 2.65. The van der Waals surface area contributed by atoms with Crippen molar-refractivity contribution in [3.05, 3.63) is 35.9 Å². The molecule has 18 heavy (non-hydrogen) atoms. The molecule has 0 radical (unpaired) electrons. The first-order chi connectivity index (χ1) is 8.38. The summed E-state index contributed by atoms with van der Waals surface area (Å²) in [6.07, 6.45) is -1.06. The van der Waals surface area contributed by atoms with Crippen molar-refractivity contribution in [1.82, 2.24) is 5.32 Å². The van der Waals surface area contributed by atoms with Gasteiger partial charge in [0.15, 0.2) is 0 Å². The average Bonchev–Trinajstić information content (AvgIpc) is 2.36. The van der Waals surface area contributed by atoms with Gasteiger partial charge in [-0.25, -0.2) is 0 Å². The molecular weight excluding hydrogens is 234 g/mol. The van der Waals surface area contributed by atoms with E-state index in [1.165, 1.54) is 13.8 Å². The standard InChI is InChI=1S/C13H17NO4/c1-9(15)13(2,12(17)18)8-14-11(16)10-6-4-3-5-7-10/h3-7,9,15H,8H2,1-2H3,(H,14,16)(H,17,18)/t9-,13-/m1/s1. The molecule has 0 aliphatic carbocycles. The van der Waals surface area contributed by atoms with Gasteiger partial charge in [-0.05, 0) is 26.0 Å². The Morgan fingerprint density at radius 1 is 1.33 bits per heavy atom. The highest BCUT2D eigenvalue weighted by Crippen LogP contribution is 2.20. The van der Waals surface area contributed by atoms with Gasteiger partial charge in [0.1, 0.15) is 5.41 Å². The molecule has 1 aromatic rings. The van der Waals surface area contributed by atoms with E-state index in [1.807, 2.05) is 0 Å². The van der Waals surface area contributed by atoms with Crippen LogP contribution >= 0.6 is 0 Å². The van der Waals surface area contributed by atoms with Crippen LogP contribution in [0.15, 0.2) is 30.3 Å². The molecule has 0 bridgehead atoms. The minimum atomic E-state index is -1.40. The molecule has 0 saturated carbocycles. The Morgan fingerprint density at radius 2 is 1.89 bits per heavy atom. The number of carboxylic acid groups (broad SMARTS) is 1. The summed E-state index contributed by atoms with van der Waals surface area (Å²) in [4.78, 5) is 22.9. The summed E-state index contributed by atoms with van der Waals surface area (Å²) in [5.74, 6) is -1.51. The van der Waals surface area contributed by atoms with Gasteiger partial charge in [-0.15, -0.1) is 0 Å². The normalized spacial score (nSPS) is 15.5. The van der Waals surface area contributed by atoms with Crippen LogP contribution in [0.1, 0.15) is 24.2 Å². The fourth-order valence-corrected chi connectivity index (χ4v) is 1.36. The minimum Gasteiger partial charge on any atom is -0.481 e. The number of hydrogen-bond donors (Lipinski definition) is 3. The number of carbonyl (C=O) groups excluding carboxylic acids is 1. The largest absolute Gasteiger partial charge is 0.481 e. The first-order valence-electron chi connectivity index (χ1n) is 5.62. The van der Waals surface area contributed by atoms with Crippen molar-refractivity contribution in [2.24, 2.45) is 5.41 Å². The van der Waals surface area contributed by atoms with Crippen LogP contribution in [0, 0.1) is 5.41 Å². The van der Waals surface area contributed by atoms with Crippen LogP contribution in [0.2, 0.25) is 0 Å². The van der Waals surface area contributed by atoms with Gasteiger partial charge in [0.25, 0.3) is 5.91 Å². The van der Waals surface area contributed by atoms with E-state index in [9.17, 15) is 14.7 Å². The number of nitrogens with one attached hydrogen (secondary N) is 1. The van der Waals surface area contributed by atoms with Gasteiger partial charge in [-0.2, -0.15) is 0 Å². The number of carbonyl (C=O) groups is 2. The molecule has 1 amide bonds. The molecule has 0 aliphatic heterocycles. The van der Waals surface area contributed by atoms with Crippen LogP contribution in [0.3, 0.4) is 0 Å². The third-order valence-corrected chi connectivity index (χ3v) is 3.06. The number of hydrogen-bond acceptors (Lipinski definition) is 3. The van der Waals surface area contributed by atoms with Crippen LogP contribution in [0.4, 0.5) is 0 Å². The van der Waals surface area contributed by atoms with Crippen LogP contribution in [0.5, 0.6) is 0 Å². The molecule has 5 nitrogen and oxygen atoms in total. The monoisotopic (exact) mass is 251 g/mol. The summed E-state index contributed by atoms with van der Waals surface area (Å²) >= 11 is 0. The zero-order valence-electron chi connectivity index (χ0n) is 10.4. The molecule has 98 valence electrons. The number of amides is 1. The average molecular weight is 251 g/mol. The summed E-state index contributed by atoms with van der Waals surface area (Å²) in [6, 6.07) is 8.50. The van der Waals surface area contributed by atoms with Crippen molar-refractivity contribution in [2.75, 3.05) is 6.54 Å². The number of aliphatic hydroxyl groups excluding tert-OH is 1. The highest BCUT2D eigenvalue weighted by Gasteiger charge is 2.38. The van der Waals surface area contributed by atoms with E-state index in [2.05, 4.69) is 5.32 Å². The second-order valence-corrected chi connectivity index (χ2v) is 4.45. The molecule has 0 aromatic heterocycles. The Hall–Kier alpha value is -1.88. The van der Waals surface area contributed by atoms with Gasteiger partial charge >= 0.3 is 5.97 Å². The third-order valence-electron chi connectivity index (χ3n) is 3.06. The van der Waals surface area contributed by atoms with Crippen molar-refractivity contribution in [3.8, 4) is 0 Å². The van der Waals surface area contributed by atoms with Gasteiger partial charge in [0, 0.05) is 12.1 Å². The molecule has 2 atom stereocenters.